The molecule has 0 saturated heterocycles. The van der Waals surface area contributed by atoms with Crippen molar-refractivity contribution >= 4 is 0 Å². The van der Waals surface area contributed by atoms with Gasteiger partial charge in [-0.05, 0) is 64.1 Å². The third-order valence-electron chi connectivity index (χ3n) is 3.63. The Bertz CT molecular complexity index is 171. The molecule has 0 aromatic carbocycles. The predicted octanol–water partition coefficient (Wildman–Crippen LogP) is 2.37. The first kappa shape index (κ1) is 13.0. The van der Waals surface area contributed by atoms with Gasteiger partial charge in [0.2, 0.25) is 0 Å². The lowest BCUT2D eigenvalue weighted by molar-refractivity contribution is 0.0450. The van der Waals surface area contributed by atoms with Crippen molar-refractivity contribution in [2.75, 3.05) is 20.6 Å². The minimum Gasteiger partial charge on any atom is -0.393 e. The average Bonchev–Trinajstić information content (AvgIpc) is 2.12. The zero-order valence-electron chi connectivity index (χ0n) is 10.7. The Balaban J connectivity index is 2.34. The van der Waals surface area contributed by atoms with Crippen molar-refractivity contribution in [2.45, 2.75) is 45.6 Å². The third-order valence-corrected chi connectivity index (χ3v) is 3.63. The van der Waals surface area contributed by atoms with Gasteiger partial charge in [-0.25, -0.2) is 0 Å². The lowest BCUT2D eigenvalue weighted by Gasteiger charge is -2.34. The molecule has 1 fully saturated rings. The molecule has 90 valence electrons. The highest BCUT2D eigenvalue weighted by Gasteiger charge is 2.28. The molecule has 0 heterocycles. The second-order valence-electron chi connectivity index (χ2n) is 5.84. The summed E-state index contributed by atoms with van der Waals surface area (Å²) in [4.78, 5) is 2.15. The van der Waals surface area contributed by atoms with Gasteiger partial charge < -0.3 is 10.0 Å². The van der Waals surface area contributed by atoms with E-state index in [9.17, 15) is 5.11 Å². The summed E-state index contributed by atoms with van der Waals surface area (Å²) in [5.41, 5.74) is 0. The van der Waals surface area contributed by atoms with Crippen LogP contribution in [0, 0.1) is 17.8 Å². The summed E-state index contributed by atoms with van der Waals surface area (Å²) in [6.45, 7) is 5.64. The SMILES string of the molecule is CC1CC(C)CC(C(O)CCN(C)C)C1. The van der Waals surface area contributed by atoms with Crippen molar-refractivity contribution in [3.8, 4) is 0 Å². The van der Waals surface area contributed by atoms with Crippen LogP contribution in [0.4, 0.5) is 0 Å². The van der Waals surface area contributed by atoms with Crippen LogP contribution >= 0.6 is 0 Å². The first-order valence-electron chi connectivity index (χ1n) is 6.31. The molecule has 3 atom stereocenters. The summed E-state index contributed by atoms with van der Waals surface area (Å²) in [5, 5.41) is 10.1. The number of hydrogen-bond acceptors (Lipinski definition) is 2. The van der Waals surface area contributed by atoms with Crippen LogP contribution in [-0.2, 0) is 0 Å². The van der Waals surface area contributed by atoms with E-state index in [4.69, 9.17) is 0 Å². The zero-order valence-corrected chi connectivity index (χ0v) is 10.7. The highest BCUT2D eigenvalue weighted by atomic mass is 16.3. The molecule has 0 bridgehead atoms. The molecule has 0 radical (unpaired) electrons. The average molecular weight is 213 g/mol. The molecule has 1 aliphatic rings. The molecule has 1 N–H and O–H groups in total. The highest BCUT2D eigenvalue weighted by Crippen LogP contribution is 2.35. The summed E-state index contributed by atoms with van der Waals surface area (Å²) < 4.78 is 0. The minimum atomic E-state index is -0.0856. The van der Waals surface area contributed by atoms with E-state index in [1.165, 1.54) is 19.3 Å². The Kier molecular flexibility index (Phi) is 5.07. The summed E-state index contributed by atoms with van der Waals surface area (Å²) >= 11 is 0. The Morgan fingerprint density at radius 2 is 1.67 bits per heavy atom. The fourth-order valence-corrected chi connectivity index (χ4v) is 2.95. The quantitative estimate of drug-likeness (QED) is 0.775. The largest absolute Gasteiger partial charge is 0.393 e. The molecule has 2 heteroatoms. The normalized spacial score (nSPS) is 34.4. The van der Waals surface area contributed by atoms with Crippen LogP contribution in [0.3, 0.4) is 0 Å². The van der Waals surface area contributed by atoms with Gasteiger partial charge in [-0.15, -0.1) is 0 Å². The first-order valence-corrected chi connectivity index (χ1v) is 6.31. The maximum Gasteiger partial charge on any atom is 0.0580 e. The van der Waals surface area contributed by atoms with Crippen molar-refractivity contribution in [2.24, 2.45) is 17.8 Å². The number of hydrogen-bond donors (Lipinski definition) is 1. The molecular formula is C13H27NO. The van der Waals surface area contributed by atoms with Gasteiger partial charge in [0, 0.05) is 0 Å². The number of aliphatic hydroxyl groups excluding tert-OH is 1. The van der Waals surface area contributed by atoms with E-state index in [1.807, 2.05) is 0 Å². The van der Waals surface area contributed by atoms with Crippen molar-refractivity contribution < 1.29 is 5.11 Å². The maximum atomic E-state index is 10.1. The second kappa shape index (κ2) is 5.86. The standard InChI is InChI=1S/C13H27NO/c1-10-7-11(2)9-12(8-10)13(15)5-6-14(3)4/h10-13,15H,5-9H2,1-4H3. The Labute approximate surface area is 94.7 Å². The summed E-state index contributed by atoms with van der Waals surface area (Å²) in [6.07, 6.45) is 4.63. The van der Waals surface area contributed by atoms with Gasteiger partial charge in [0.05, 0.1) is 6.10 Å². The molecule has 1 saturated carbocycles. The van der Waals surface area contributed by atoms with E-state index in [1.54, 1.807) is 0 Å². The molecule has 1 rings (SSSR count). The van der Waals surface area contributed by atoms with Gasteiger partial charge in [-0.2, -0.15) is 0 Å². The van der Waals surface area contributed by atoms with Crippen LogP contribution in [0.1, 0.15) is 39.5 Å². The number of nitrogens with zero attached hydrogens (tertiary/aromatic N) is 1. The van der Waals surface area contributed by atoms with E-state index in [2.05, 4.69) is 32.8 Å². The third kappa shape index (κ3) is 4.52. The van der Waals surface area contributed by atoms with E-state index in [0.717, 1.165) is 24.8 Å². The smallest absolute Gasteiger partial charge is 0.0580 e. The van der Waals surface area contributed by atoms with Crippen molar-refractivity contribution in [3.05, 3.63) is 0 Å². The van der Waals surface area contributed by atoms with E-state index >= 15 is 0 Å². The molecule has 0 amide bonds. The topological polar surface area (TPSA) is 23.5 Å². The molecule has 0 spiro atoms. The summed E-state index contributed by atoms with van der Waals surface area (Å²) in [7, 11) is 4.14. The number of rotatable bonds is 4. The van der Waals surface area contributed by atoms with Crippen LogP contribution in [0.25, 0.3) is 0 Å². The maximum absolute atomic E-state index is 10.1. The monoisotopic (exact) mass is 213 g/mol. The minimum absolute atomic E-state index is 0.0856. The van der Waals surface area contributed by atoms with Crippen LogP contribution in [-0.4, -0.2) is 36.8 Å². The zero-order chi connectivity index (χ0) is 11.4. The van der Waals surface area contributed by atoms with Gasteiger partial charge in [-0.3, -0.25) is 0 Å². The predicted molar refractivity (Wildman–Crippen MR) is 64.8 cm³/mol. The lowest BCUT2D eigenvalue weighted by atomic mass is 9.74. The van der Waals surface area contributed by atoms with Crippen LogP contribution in [0.2, 0.25) is 0 Å². The van der Waals surface area contributed by atoms with Crippen molar-refractivity contribution in [1.82, 2.24) is 4.90 Å². The molecule has 2 nitrogen and oxygen atoms in total. The van der Waals surface area contributed by atoms with Gasteiger partial charge >= 0.3 is 0 Å². The Morgan fingerprint density at radius 1 is 1.13 bits per heavy atom. The summed E-state index contributed by atoms with van der Waals surface area (Å²) in [6, 6.07) is 0. The molecular weight excluding hydrogens is 186 g/mol. The van der Waals surface area contributed by atoms with E-state index in [-0.39, 0.29) is 6.10 Å². The van der Waals surface area contributed by atoms with Gasteiger partial charge in [-0.1, -0.05) is 13.8 Å². The first-order chi connectivity index (χ1) is 6.99. The fraction of sp³-hybridized carbons (Fsp3) is 1.00. The molecule has 15 heavy (non-hydrogen) atoms. The van der Waals surface area contributed by atoms with Gasteiger partial charge in [0.15, 0.2) is 0 Å². The lowest BCUT2D eigenvalue weighted by Crippen LogP contribution is -2.31. The van der Waals surface area contributed by atoms with Crippen LogP contribution in [0.5, 0.6) is 0 Å². The van der Waals surface area contributed by atoms with Gasteiger partial charge in [0.1, 0.15) is 0 Å². The van der Waals surface area contributed by atoms with Crippen molar-refractivity contribution in [3.63, 3.8) is 0 Å². The van der Waals surface area contributed by atoms with Crippen molar-refractivity contribution in [1.29, 1.82) is 0 Å². The molecule has 1 aliphatic carbocycles. The van der Waals surface area contributed by atoms with Crippen LogP contribution in [0.15, 0.2) is 0 Å². The number of aliphatic hydroxyl groups is 1. The molecule has 3 unspecified atom stereocenters. The van der Waals surface area contributed by atoms with E-state index in [0.29, 0.717) is 5.92 Å². The van der Waals surface area contributed by atoms with Gasteiger partial charge in [0.25, 0.3) is 0 Å². The van der Waals surface area contributed by atoms with E-state index < -0.39 is 0 Å². The molecule has 0 aromatic heterocycles. The second-order valence-corrected chi connectivity index (χ2v) is 5.84. The molecule has 0 aliphatic heterocycles. The van der Waals surface area contributed by atoms with Crippen LogP contribution < -0.4 is 0 Å². The molecule has 0 aromatic rings. The Morgan fingerprint density at radius 3 is 2.13 bits per heavy atom. The fourth-order valence-electron chi connectivity index (χ4n) is 2.95. The summed E-state index contributed by atoms with van der Waals surface area (Å²) in [5.74, 6) is 2.14. The Hall–Kier alpha value is -0.0800. The highest BCUT2D eigenvalue weighted by molar-refractivity contribution is 4.79.